The molecule has 0 saturated carbocycles. The number of halogens is 2. The molecule has 0 aliphatic rings. The number of thiazole rings is 1. The molecule has 19 heavy (non-hydrogen) atoms. The van der Waals surface area contributed by atoms with Gasteiger partial charge in [0.25, 0.3) is 0 Å². The largest absolute Gasteiger partial charge is 0.369 e. The Hall–Kier alpha value is -1.04. The Balaban J connectivity index is 2.10. The van der Waals surface area contributed by atoms with Crippen LogP contribution in [0.5, 0.6) is 0 Å². The molecule has 4 nitrogen and oxygen atoms in total. The van der Waals surface area contributed by atoms with Crippen molar-refractivity contribution < 1.29 is 0 Å². The molecule has 0 spiro atoms. The molecular weight excluding hydrogens is 303 g/mol. The summed E-state index contributed by atoms with van der Waals surface area (Å²) in [7, 11) is 0. The van der Waals surface area contributed by atoms with Gasteiger partial charge in [-0.3, -0.25) is 0 Å². The van der Waals surface area contributed by atoms with Crippen LogP contribution in [0.15, 0.2) is 17.6 Å². The lowest BCUT2D eigenvalue weighted by atomic mass is 10.4. The fourth-order valence-electron chi connectivity index (χ4n) is 1.46. The molecule has 0 aromatic carbocycles. The fraction of sp³-hybridized carbons (Fsp3) is 0.333. The number of rotatable bonds is 6. The average Bonchev–Trinajstić information content (AvgIpc) is 2.90. The molecule has 2 aromatic rings. The lowest BCUT2D eigenvalue weighted by Crippen LogP contribution is -2.07. The highest BCUT2D eigenvalue weighted by Crippen LogP contribution is 2.29. The van der Waals surface area contributed by atoms with Gasteiger partial charge in [0.15, 0.2) is 0 Å². The number of anilines is 2. The van der Waals surface area contributed by atoms with Gasteiger partial charge in [-0.05, 0) is 12.5 Å². The van der Waals surface area contributed by atoms with Gasteiger partial charge in [0.05, 0.1) is 16.6 Å². The van der Waals surface area contributed by atoms with E-state index in [2.05, 4.69) is 27.5 Å². The van der Waals surface area contributed by atoms with Gasteiger partial charge < -0.3 is 10.6 Å². The zero-order chi connectivity index (χ0) is 13.7. The predicted molar refractivity (Wildman–Crippen MR) is 82.5 cm³/mol. The second-order valence-electron chi connectivity index (χ2n) is 3.86. The third kappa shape index (κ3) is 3.96. The average molecular weight is 317 g/mol. The van der Waals surface area contributed by atoms with Gasteiger partial charge in [-0.25, -0.2) is 9.97 Å². The first kappa shape index (κ1) is 14.4. The summed E-state index contributed by atoms with van der Waals surface area (Å²) in [6.45, 7) is 3.50. The molecule has 0 unspecified atom stereocenters. The lowest BCUT2D eigenvalue weighted by Gasteiger charge is -2.11. The summed E-state index contributed by atoms with van der Waals surface area (Å²) >= 11 is 13.8. The van der Waals surface area contributed by atoms with E-state index in [0.29, 0.717) is 28.2 Å². The van der Waals surface area contributed by atoms with Crippen LogP contribution in [0.2, 0.25) is 10.0 Å². The van der Waals surface area contributed by atoms with Gasteiger partial charge in [-0.1, -0.05) is 30.1 Å². The van der Waals surface area contributed by atoms with E-state index in [0.717, 1.165) is 18.0 Å². The molecule has 7 heteroatoms. The number of pyridine rings is 1. The van der Waals surface area contributed by atoms with E-state index in [1.165, 1.54) is 0 Å². The molecule has 0 fully saturated rings. The van der Waals surface area contributed by atoms with Gasteiger partial charge in [0, 0.05) is 18.1 Å². The number of hydrogen-bond donors (Lipinski definition) is 2. The maximum Gasteiger partial charge on any atom is 0.147 e. The van der Waals surface area contributed by atoms with Crippen molar-refractivity contribution in [2.75, 3.05) is 17.2 Å². The van der Waals surface area contributed by atoms with Gasteiger partial charge >= 0.3 is 0 Å². The van der Waals surface area contributed by atoms with E-state index >= 15 is 0 Å². The monoisotopic (exact) mass is 316 g/mol. The van der Waals surface area contributed by atoms with E-state index in [1.807, 2.05) is 5.38 Å². The molecule has 2 aromatic heterocycles. The van der Waals surface area contributed by atoms with Crippen molar-refractivity contribution in [3.63, 3.8) is 0 Å². The smallest absolute Gasteiger partial charge is 0.147 e. The third-order valence-electron chi connectivity index (χ3n) is 2.36. The summed E-state index contributed by atoms with van der Waals surface area (Å²) in [5, 5.41) is 10.3. The molecule has 0 amide bonds. The van der Waals surface area contributed by atoms with Crippen LogP contribution in [0.3, 0.4) is 0 Å². The molecule has 0 atom stereocenters. The predicted octanol–water partition coefficient (Wildman–Crippen LogP) is 4.28. The molecule has 2 N–H and O–H groups in total. The second-order valence-corrected chi connectivity index (χ2v) is 5.65. The number of hydrogen-bond acceptors (Lipinski definition) is 5. The fourth-order valence-corrected chi connectivity index (χ4v) is 2.51. The van der Waals surface area contributed by atoms with E-state index in [-0.39, 0.29) is 0 Å². The quantitative estimate of drug-likeness (QED) is 0.835. The zero-order valence-electron chi connectivity index (χ0n) is 10.4. The maximum absolute atomic E-state index is 6.12. The normalized spacial score (nSPS) is 10.5. The Morgan fingerprint density at radius 2 is 1.95 bits per heavy atom. The molecule has 0 saturated heterocycles. The van der Waals surface area contributed by atoms with E-state index in [9.17, 15) is 0 Å². The minimum Gasteiger partial charge on any atom is -0.369 e. The Bertz CT molecular complexity index is 531. The molecule has 102 valence electrons. The number of aromatic nitrogens is 2. The topological polar surface area (TPSA) is 49.8 Å². The number of nitrogens with zero attached hydrogens (tertiary/aromatic N) is 2. The van der Waals surface area contributed by atoms with Crippen LogP contribution in [-0.4, -0.2) is 16.5 Å². The Morgan fingerprint density at radius 1 is 1.21 bits per heavy atom. The summed E-state index contributed by atoms with van der Waals surface area (Å²) in [5.41, 5.74) is 0. The van der Waals surface area contributed by atoms with Crippen LogP contribution in [0, 0.1) is 0 Å². The van der Waals surface area contributed by atoms with Crippen molar-refractivity contribution in [3.05, 3.63) is 32.7 Å². The van der Waals surface area contributed by atoms with Crippen LogP contribution >= 0.6 is 34.5 Å². The number of nitrogens with one attached hydrogen (secondary N) is 2. The Morgan fingerprint density at radius 3 is 2.58 bits per heavy atom. The van der Waals surface area contributed by atoms with Crippen LogP contribution in [0.1, 0.15) is 18.4 Å². The highest BCUT2D eigenvalue weighted by molar-refractivity contribution is 7.09. The van der Waals surface area contributed by atoms with Gasteiger partial charge in [-0.2, -0.15) is 0 Å². The first-order valence-corrected chi connectivity index (χ1v) is 7.56. The minimum absolute atomic E-state index is 0.503. The molecule has 0 radical (unpaired) electrons. The molecule has 0 aliphatic carbocycles. The maximum atomic E-state index is 6.12. The van der Waals surface area contributed by atoms with E-state index in [4.69, 9.17) is 23.2 Å². The molecular formula is C12H14Cl2N4S. The van der Waals surface area contributed by atoms with E-state index < -0.39 is 0 Å². The molecule has 0 bridgehead atoms. The second kappa shape index (κ2) is 6.93. The highest BCUT2D eigenvalue weighted by atomic mass is 35.5. The van der Waals surface area contributed by atoms with Crippen LogP contribution in [-0.2, 0) is 6.54 Å². The van der Waals surface area contributed by atoms with Crippen molar-refractivity contribution in [3.8, 4) is 0 Å². The van der Waals surface area contributed by atoms with Crippen LogP contribution in [0.4, 0.5) is 11.6 Å². The summed E-state index contributed by atoms with van der Waals surface area (Å²) in [5.74, 6) is 1.26. The Labute approximate surface area is 126 Å². The van der Waals surface area contributed by atoms with Crippen LogP contribution < -0.4 is 10.6 Å². The minimum atomic E-state index is 0.503. The Kier molecular flexibility index (Phi) is 5.24. The van der Waals surface area contributed by atoms with Crippen molar-refractivity contribution >= 4 is 46.2 Å². The van der Waals surface area contributed by atoms with Gasteiger partial charge in [-0.15, -0.1) is 11.3 Å². The molecule has 2 rings (SSSR count). The van der Waals surface area contributed by atoms with Crippen molar-refractivity contribution in [2.45, 2.75) is 19.9 Å². The summed E-state index contributed by atoms with van der Waals surface area (Å²) in [6, 6.07) is 1.69. The van der Waals surface area contributed by atoms with Crippen molar-refractivity contribution in [1.29, 1.82) is 0 Å². The molecule has 2 heterocycles. The third-order valence-corrected chi connectivity index (χ3v) is 3.72. The highest BCUT2D eigenvalue weighted by Gasteiger charge is 2.09. The van der Waals surface area contributed by atoms with Gasteiger partial charge in [0.2, 0.25) is 0 Å². The lowest BCUT2D eigenvalue weighted by molar-refractivity contribution is 0.968. The standard InChI is InChI=1S/C12H14Cl2N4S/c1-2-3-16-11-8(13)6-9(14)12(18-11)17-7-10-15-4-5-19-10/h4-6H,2-3,7H2,1H3,(H2,16,17,18). The van der Waals surface area contributed by atoms with Crippen LogP contribution in [0.25, 0.3) is 0 Å². The SMILES string of the molecule is CCCNc1nc(NCc2nccs2)c(Cl)cc1Cl. The first-order chi connectivity index (χ1) is 9.20. The van der Waals surface area contributed by atoms with E-state index in [1.54, 1.807) is 23.6 Å². The van der Waals surface area contributed by atoms with Gasteiger partial charge in [0.1, 0.15) is 16.6 Å². The summed E-state index contributed by atoms with van der Waals surface area (Å²) in [6.07, 6.45) is 2.77. The zero-order valence-corrected chi connectivity index (χ0v) is 12.7. The van der Waals surface area contributed by atoms with Crippen molar-refractivity contribution in [2.24, 2.45) is 0 Å². The molecule has 0 aliphatic heterocycles. The summed E-state index contributed by atoms with van der Waals surface area (Å²) in [4.78, 5) is 8.59. The summed E-state index contributed by atoms with van der Waals surface area (Å²) < 4.78 is 0. The van der Waals surface area contributed by atoms with Crippen molar-refractivity contribution in [1.82, 2.24) is 9.97 Å². The first-order valence-electron chi connectivity index (χ1n) is 5.93.